The van der Waals surface area contributed by atoms with E-state index < -0.39 is 29.6 Å². The lowest BCUT2D eigenvalue weighted by Gasteiger charge is -2.36. The van der Waals surface area contributed by atoms with Crippen LogP contribution in [0.3, 0.4) is 0 Å². The summed E-state index contributed by atoms with van der Waals surface area (Å²) in [6.07, 6.45) is 9.19. The summed E-state index contributed by atoms with van der Waals surface area (Å²) < 4.78 is 11.6. The molecular weight excluding hydrogens is 446 g/mol. The lowest BCUT2D eigenvalue weighted by Crippen LogP contribution is -2.58. The van der Waals surface area contributed by atoms with Crippen molar-refractivity contribution >= 4 is 23.4 Å². The molecule has 2 bridgehead atoms. The summed E-state index contributed by atoms with van der Waals surface area (Å²) in [4.78, 5) is 42.7. The molecule has 3 fully saturated rings. The number of fused-ring (bicyclic) bond motifs is 1. The molecule has 1 spiro atoms. The number of methoxy groups -OCH3 is 1. The maximum absolute atomic E-state index is 13.9. The summed E-state index contributed by atoms with van der Waals surface area (Å²) in [7, 11) is 1.58. The van der Waals surface area contributed by atoms with Crippen molar-refractivity contribution in [3.05, 3.63) is 36.4 Å². The smallest absolute Gasteiger partial charge is 0.246 e. The van der Waals surface area contributed by atoms with Crippen LogP contribution in [0.25, 0.3) is 0 Å². The normalized spacial score (nSPS) is 32.4. The van der Waals surface area contributed by atoms with Gasteiger partial charge in [0.05, 0.1) is 25.0 Å². The topological polar surface area (TPSA) is 97.0 Å². The van der Waals surface area contributed by atoms with Gasteiger partial charge in [-0.2, -0.15) is 0 Å². The number of hydrogen-bond acceptors (Lipinski definition) is 5. The van der Waals surface area contributed by atoms with Gasteiger partial charge in [-0.3, -0.25) is 14.4 Å². The Balaban J connectivity index is 1.43. The highest BCUT2D eigenvalue weighted by molar-refractivity contribution is 6.03. The van der Waals surface area contributed by atoms with Crippen LogP contribution in [0.5, 0.6) is 5.75 Å². The molecule has 6 unspecified atom stereocenters. The van der Waals surface area contributed by atoms with Crippen molar-refractivity contribution in [1.82, 2.24) is 10.2 Å². The number of nitrogens with zero attached hydrogens (tertiary/aromatic N) is 1. The number of carbonyl (C=O) groups is 3. The van der Waals surface area contributed by atoms with Crippen LogP contribution in [0.4, 0.5) is 5.69 Å². The van der Waals surface area contributed by atoms with Gasteiger partial charge in [0.15, 0.2) is 0 Å². The Hall–Kier alpha value is -2.87. The van der Waals surface area contributed by atoms with E-state index in [1.165, 1.54) is 6.42 Å². The number of benzene rings is 1. The average molecular weight is 482 g/mol. The predicted octanol–water partition coefficient (Wildman–Crippen LogP) is 3.03. The van der Waals surface area contributed by atoms with Crippen molar-refractivity contribution in [3.8, 4) is 5.75 Å². The Morgan fingerprint density at radius 2 is 1.89 bits per heavy atom. The van der Waals surface area contributed by atoms with Gasteiger partial charge in [-0.25, -0.2) is 0 Å². The second-order valence-electron chi connectivity index (χ2n) is 10.3. The largest absolute Gasteiger partial charge is 0.497 e. The van der Waals surface area contributed by atoms with Gasteiger partial charge < -0.3 is 25.0 Å². The van der Waals surface area contributed by atoms with Crippen LogP contribution in [0.15, 0.2) is 36.4 Å². The first-order valence-electron chi connectivity index (χ1n) is 12.8. The van der Waals surface area contributed by atoms with E-state index in [1.54, 1.807) is 36.3 Å². The fourth-order valence-corrected chi connectivity index (χ4v) is 6.30. The van der Waals surface area contributed by atoms with E-state index in [0.29, 0.717) is 17.9 Å². The van der Waals surface area contributed by atoms with E-state index in [-0.39, 0.29) is 29.8 Å². The van der Waals surface area contributed by atoms with Gasteiger partial charge in [0.1, 0.15) is 17.4 Å². The van der Waals surface area contributed by atoms with Crippen molar-refractivity contribution < 1.29 is 23.9 Å². The summed E-state index contributed by atoms with van der Waals surface area (Å²) in [5.74, 6) is -1.36. The van der Waals surface area contributed by atoms with Crippen molar-refractivity contribution in [1.29, 1.82) is 0 Å². The maximum Gasteiger partial charge on any atom is 0.246 e. The molecule has 188 valence electrons. The lowest BCUT2D eigenvalue weighted by molar-refractivity contribution is -0.143. The molecular formula is C27H35N3O5. The molecule has 6 atom stereocenters. The number of hydrogen-bond donors (Lipinski definition) is 2. The van der Waals surface area contributed by atoms with Crippen molar-refractivity contribution in [2.75, 3.05) is 12.4 Å². The van der Waals surface area contributed by atoms with Crippen molar-refractivity contribution in [2.45, 2.75) is 82.2 Å². The zero-order chi connectivity index (χ0) is 24.7. The Bertz CT molecular complexity index is 1020. The van der Waals surface area contributed by atoms with Gasteiger partial charge in [-0.15, -0.1) is 0 Å². The Morgan fingerprint density at radius 3 is 2.54 bits per heavy atom. The van der Waals surface area contributed by atoms with E-state index in [0.717, 1.165) is 25.7 Å². The molecule has 1 aromatic carbocycles. The first kappa shape index (κ1) is 23.9. The average Bonchev–Trinajstić information content (AvgIpc) is 3.52. The van der Waals surface area contributed by atoms with Crippen molar-refractivity contribution in [2.24, 2.45) is 11.8 Å². The highest BCUT2D eigenvalue weighted by atomic mass is 16.5. The number of nitrogens with one attached hydrogen (secondary N) is 2. The Kier molecular flexibility index (Phi) is 6.34. The standard InChI is InChI=1S/C27H35N3O5/c1-4-16(2)30-23(25(32)29-17-8-6-5-7-9-17)27-15-14-20(35-27)21(22(27)26(30)33)24(31)28-18-10-12-19(34-3)13-11-18/h10-17,20-23H,4-9H2,1-3H3,(H,28,31)(H,29,32). The third kappa shape index (κ3) is 3.92. The first-order chi connectivity index (χ1) is 16.9. The zero-order valence-corrected chi connectivity index (χ0v) is 20.7. The maximum atomic E-state index is 13.9. The molecule has 4 aliphatic rings. The number of rotatable bonds is 7. The van der Waals surface area contributed by atoms with Crippen LogP contribution in [0.1, 0.15) is 52.4 Å². The highest BCUT2D eigenvalue weighted by Gasteiger charge is 2.73. The minimum atomic E-state index is -1.12. The number of amides is 3. The number of likely N-dealkylation sites (tertiary alicyclic amines) is 1. The minimum Gasteiger partial charge on any atom is -0.497 e. The van der Waals surface area contributed by atoms with Gasteiger partial charge in [-0.1, -0.05) is 38.3 Å². The van der Waals surface area contributed by atoms with E-state index in [4.69, 9.17) is 9.47 Å². The zero-order valence-electron chi connectivity index (χ0n) is 20.7. The van der Waals surface area contributed by atoms with Gasteiger partial charge in [-0.05, 0) is 50.5 Å². The minimum absolute atomic E-state index is 0.123. The van der Waals surface area contributed by atoms with Crippen LogP contribution in [-0.2, 0) is 19.1 Å². The molecule has 0 aromatic heterocycles. The molecule has 1 saturated carbocycles. The Labute approximate surface area is 206 Å². The summed E-state index contributed by atoms with van der Waals surface area (Å²) in [5, 5.41) is 6.15. The van der Waals surface area contributed by atoms with E-state index in [1.807, 2.05) is 26.0 Å². The molecule has 5 rings (SSSR count). The molecule has 8 heteroatoms. The summed E-state index contributed by atoms with van der Waals surface area (Å²) in [5.41, 5.74) is -0.501. The molecule has 8 nitrogen and oxygen atoms in total. The Morgan fingerprint density at radius 1 is 1.17 bits per heavy atom. The predicted molar refractivity (Wildman–Crippen MR) is 131 cm³/mol. The first-order valence-corrected chi connectivity index (χ1v) is 12.8. The number of carbonyl (C=O) groups excluding carboxylic acids is 3. The van der Waals surface area contributed by atoms with Crippen LogP contribution in [0.2, 0.25) is 0 Å². The molecule has 35 heavy (non-hydrogen) atoms. The van der Waals surface area contributed by atoms with Crippen LogP contribution in [0, 0.1) is 11.8 Å². The summed E-state index contributed by atoms with van der Waals surface area (Å²) in [6, 6.07) is 6.26. The fraction of sp³-hybridized carbons (Fsp3) is 0.593. The molecule has 3 aliphatic heterocycles. The highest BCUT2D eigenvalue weighted by Crippen LogP contribution is 2.55. The molecule has 3 heterocycles. The number of ether oxygens (including phenoxy) is 2. The van der Waals surface area contributed by atoms with E-state index in [9.17, 15) is 14.4 Å². The lowest BCUT2D eigenvalue weighted by atomic mass is 9.74. The molecule has 1 aliphatic carbocycles. The fourth-order valence-electron chi connectivity index (χ4n) is 6.30. The summed E-state index contributed by atoms with van der Waals surface area (Å²) >= 11 is 0. The number of anilines is 1. The van der Waals surface area contributed by atoms with Crippen molar-refractivity contribution in [3.63, 3.8) is 0 Å². The third-order valence-corrected chi connectivity index (χ3v) is 8.24. The third-order valence-electron chi connectivity index (χ3n) is 8.24. The van der Waals surface area contributed by atoms with E-state index >= 15 is 0 Å². The second-order valence-corrected chi connectivity index (χ2v) is 10.3. The molecule has 1 aromatic rings. The molecule has 0 radical (unpaired) electrons. The van der Waals surface area contributed by atoms with Gasteiger partial charge in [0, 0.05) is 17.8 Å². The van der Waals surface area contributed by atoms with Crippen LogP contribution >= 0.6 is 0 Å². The quantitative estimate of drug-likeness (QED) is 0.584. The molecule has 2 saturated heterocycles. The second kappa shape index (κ2) is 9.30. The van der Waals surface area contributed by atoms with Gasteiger partial charge in [0.2, 0.25) is 17.7 Å². The van der Waals surface area contributed by atoms with Gasteiger partial charge >= 0.3 is 0 Å². The van der Waals surface area contributed by atoms with Crippen LogP contribution < -0.4 is 15.4 Å². The molecule has 3 amide bonds. The SMILES string of the molecule is CCC(C)N1C(=O)C2C(C(=O)Nc3ccc(OC)cc3)C3C=CC2(O3)C1C(=O)NC1CCCCC1. The molecule has 2 N–H and O–H groups in total. The monoisotopic (exact) mass is 481 g/mol. The van der Waals surface area contributed by atoms with Crippen LogP contribution in [-0.4, -0.2) is 59.6 Å². The van der Waals surface area contributed by atoms with Gasteiger partial charge in [0.25, 0.3) is 0 Å². The van der Waals surface area contributed by atoms with E-state index in [2.05, 4.69) is 10.6 Å². The summed E-state index contributed by atoms with van der Waals surface area (Å²) in [6.45, 7) is 3.96.